The lowest BCUT2D eigenvalue weighted by Gasteiger charge is -2.14. The molecule has 0 aliphatic heterocycles. The van der Waals surface area contributed by atoms with E-state index in [0.29, 0.717) is 31.1 Å². The molecule has 0 fully saturated rings. The summed E-state index contributed by atoms with van der Waals surface area (Å²) in [5.41, 5.74) is 3.12. The molecular formula is C20H24O5. The highest BCUT2D eigenvalue weighted by Crippen LogP contribution is 2.26. The number of aliphatic carboxylic acids is 1. The highest BCUT2D eigenvalue weighted by atomic mass is 16.5. The van der Waals surface area contributed by atoms with Crippen LogP contribution in [0.2, 0.25) is 0 Å². The number of carboxylic acids is 1. The maximum atomic E-state index is 10.8. The molecule has 0 saturated carbocycles. The molecule has 1 N–H and O–H groups in total. The van der Waals surface area contributed by atoms with Crippen molar-refractivity contribution in [2.24, 2.45) is 0 Å². The van der Waals surface area contributed by atoms with E-state index in [9.17, 15) is 4.79 Å². The van der Waals surface area contributed by atoms with E-state index in [1.165, 1.54) is 5.56 Å². The molecule has 134 valence electrons. The van der Waals surface area contributed by atoms with Crippen molar-refractivity contribution in [2.75, 3.05) is 20.3 Å². The molecular weight excluding hydrogens is 320 g/mol. The molecule has 0 aliphatic rings. The Hall–Kier alpha value is -2.69. The Bertz CT molecular complexity index is 724. The van der Waals surface area contributed by atoms with Crippen molar-refractivity contribution >= 4 is 5.97 Å². The fourth-order valence-corrected chi connectivity index (χ4v) is 2.51. The molecule has 2 aromatic rings. The third kappa shape index (κ3) is 5.71. The minimum absolute atomic E-state index is 0.0573. The first-order valence-electron chi connectivity index (χ1n) is 8.21. The van der Waals surface area contributed by atoms with Crippen LogP contribution >= 0.6 is 0 Å². The largest absolute Gasteiger partial charge is 0.497 e. The smallest absolute Gasteiger partial charge is 0.303 e. The summed E-state index contributed by atoms with van der Waals surface area (Å²) in [7, 11) is 1.58. The summed E-state index contributed by atoms with van der Waals surface area (Å²) in [5.74, 6) is 1.31. The van der Waals surface area contributed by atoms with Gasteiger partial charge in [0.1, 0.15) is 30.5 Å². The van der Waals surface area contributed by atoms with E-state index in [1.807, 2.05) is 32.0 Å². The quantitative estimate of drug-likeness (QED) is 0.701. The Morgan fingerprint density at radius 3 is 2.36 bits per heavy atom. The lowest BCUT2D eigenvalue weighted by Crippen LogP contribution is -2.11. The first-order chi connectivity index (χ1) is 12.0. The number of ether oxygens (including phenoxy) is 3. The van der Waals surface area contributed by atoms with Gasteiger partial charge in [-0.05, 0) is 43.5 Å². The van der Waals surface area contributed by atoms with Crippen LogP contribution in [0.5, 0.6) is 17.2 Å². The summed E-state index contributed by atoms with van der Waals surface area (Å²) in [5, 5.41) is 8.87. The third-order valence-corrected chi connectivity index (χ3v) is 3.81. The van der Waals surface area contributed by atoms with Crippen LogP contribution in [0.25, 0.3) is 0 Å². The highest BCUT2D eigenvalue weighted by Gasteiger charge is 2.09. The summed E-state index contributed by atoms with van der Waals surface area (Å²) < 4.78 is 16.8. The van der Waals surface area contributed by atoms with E-state index in [2.05, 4.69) is 6.07 Å². The zero-order chi connectivity index (χ0) is 18.2. The summed E-state index contributed by atoms with van der Waals surface area (Å²) >= 11 is 0. The van der Waals surface area contributed by atoms with E-state index in [4.69, 9.17) is 19.3 Å². The highest BCUT2D eigenvalue weighted by molar-refractivity contribution is 5.67. The summed E-state index contributed by atoms with van der Waals surface area (Å²) in [6, 6.07) is 11.4. The monoisotopic (exact) mass is 344 g/mol. The molecule has 0 saturated heterocycles. The number of rotatable bonds is 9. The van der Waals surface area contributed by atoms with Crippen molar-refractivity contribution in [1.29, 1.82) is 0 Å². The molecule has 25 heavy (non-hydrogen) atoms. The molecule has 5 nitrogen and oxygen atoms in total. The molecule has 2 aromatic carbocycles. The molecule has 0 unspecified atom stereocenters. The Kier molecular flexibility index (Phi) is 6.69. The van der Waals surface area contributed by atoms with Crippen LogP contribution < -0.4 is 14.2 Å². The maximum absolute atomic E-state index is 10.8. The molecule has 0 heterocycles. The number of benzene rings is 2. The summed E-state index contributed by atoms with van der Waals surface area (Å²) in [4.78, 5) is 10.8. The van der Waals surface area contributed by atoms with Crippen LogP contribution in [-0.4, -0.2) is 31.4 Å². The number of aryl methyl sites for hydroxylation is 3. The fraction of sp³-hybridized carbons (Fsp3) is 0.350. The van der Waals surface area contributed by atoms with Gasteiger partial charge in [-0.1, -0.05) is 23.8 Å². The molecule has 0 spiro atoms. The van der Waals surface area contributed by atoms with Gasteiger partial charge in [-0.25, -0.2) is 0 Å². The average Bonchev–Trinajstić information content (AvgIpc) is 2.58. The van der Waals surface area contributed by atoms with Gasteiger partial charge in [-0.15, -0.1) is 0 Å². The van der Waals surface area contributed by atoms with Gasteiger partial charge in [0, 0.05) is 12.5 Å². The zero-order valence-electron chi connectivity index (χ0n) is 14.9. The Morgan fingerprint density at radius 2 is 1.72 bits per heavy atom. The first kappa shape index (κ1) is 18.6. The van der Waals surface area contributed by atoms with Crippen molar-refractivity contribution < 1.29 is 24.1 Å². The van der Waals surface area contributed by atoms with Gasteiger partial charge in [0.15, 0.2) is 0 Å². The molecule has 0 amide bonds. The maximum Gasteiger partial charge on any atom is 0.303 e. The van der Waals surface area contributed by atoms with Gasteiger partial charge in [-0.3, -0.25) is 4.79 Å². The minimum atomic E-state index is -0.833. The average molecular weight is 344 g/mol. The van der Waals surface area contributed by atoms with Gasteiger partial charge in [-0.2, -0.15) is 0 Å². The van der Waals surface area contributed by atoms with Crippen molar-refractivity contribution in [3.05, 3.63) is 53.1 Å². The number of hydrogen-bond donors (Lipinski definition) is 1. The van der Waals surface area contributed by atoms with Gasteiger partial charge >= 0.3 is 5.97 Å². The van der Waals surface area contributed by atoms with Gasteiger partial charge in [0.2, 0.25) is 0 Å². The molecule has 0 atom stereocenters. The summed E-state index contributed by atoms with van der Waals surface area (Å²) in [6.45, 7) is 4.82. The first-order valence-corrected chi connectivity index (χ1v) is 8.21. The van der Waals surface area contributed by atoms with Crippen molar-refractivity contribution in [1.82, 2.24) is 0 Å². The van der Waals surface area contributed by atoms with Crippen LogP contribution in [0.3, 0.4) is 0 Å². The minimum Gasteiger partial charge on any atom is -0.497 e. The lowest BCUT2D eigenvalue weighted by molar-refractivity contribution is -0.136. The van der Waals surface area contributed by atoms with Crippen molar-refractivity contribution in [3.63, 3.8) is 0 Å². The molecule has 5 heteroatoms. The van der Waals surface area contributed by atoms with Crippen LogP contribution in [0.15, 0.2) is 36.4 Å². The second-order valence-corrected chi connectivity index (χ2v) is 5.83. The van der Waals surface area contributed by atoms with E-state index < -0.39 is 5.97 Å². The molecule has 2 rings (SSSR count). The topological polar surface area (TPSA) is 65.0 Å². The second-order valence-electron chi connectivity index (χ2n) is 5.83. The molecule has 0 aromatic heterocycles. The Balaban J connectivity index is 1.95. The fourth-order valence-electron chi connectivity index (χ4n) is 2.51. The van der Waals surface area contributed by atoms with Crippen molar-refractivity contribution in [2.45, 2.75) is 26.7 Å². The number of carbonyl (C=O) groups is 1. The normalized spacial score (nSPS) is 10.4. The molecule has 0 radical (unpaired) electrons. The SMILES string of the molecule is COc1ccc(CCC(=O)O)c(OCCOc2ccc(C)cc2C)c1. The Morgan fingerprint density at radius 1 is 1.00 bits per heavy atom. The molecule has 0 aliphatic carbocycles. The third-order valence-electron chi connectivity index (χ3n) is 3.81. The number of methoxy groups -OCH3 is 1. The van der Waals surface area contributed by atoms with Gasteiger partial charge in [0.25, 0.3) is 0 Å². The predicted octanol–water partition coefficient (Wildman–Crippen LogP) is 3.79. The van der Waals surface area contributed by atoms with E-state index in [-0.39, 0.29) is 6.42 Å². The zero-order valence-corrected chi connectivity index (χ0v) is 14.9. The van der Waals surface area contributed by atoms with E-state index in [0.717, 1.165) is 16.9 Å². The summed E-state index contributed by atoms with van der Waals surface area (Å²) in [6.07, 6.45) is 0.467. The predicted molar refractivity (Wildman–Crippen MR) is 95.9 cm³/mol. The Labute approximate surface area is 148 Å². The molecule has 0 bridgehead atoms. The van der Waals surface area contributed by atoms with Crippen molar-refractivity contribution in [3.8, 4) is 17.2 Å². The second kappa shape index (κ2) is 8.97. The van der Waals surface area contributed by atoms with E-state index >= 15 is 0 Å². The van der Waals surface area contributed by atoms with Gasteiger partial charge in [0.05, 0.1) is 7.11 Å². The standard InChI is InChI=1S/C20H24O5/c1-14-4-8-18(15(2)12-14)24-10-11-25-19-13-17(23-3)7-5-16(19)6-9-20(21)22/h4-5,7-8,12-13H,6,9-11H2,1-3H3,(H,21,22). The van der Waals surface area contributed by atoms with Gasteiger partial charge < -0.3 is 19.3 Å². The van der Waals surface area contributed by atoms with Crippen LogP contribution in [-0.2, 0) is 11.2 Å². The number of hydrogen-bond acceptors (Lipinski definition) is 4. The van der Waals surface area contributed by atoms with Crippen LogP contribution in [0.1, 0.15) is 23.1 Å². The van der Waals surface area contributed by atoms with E-state index in [1.54, 1.807) is 19.2 Å². The lowest BCUT2D eigenvalue weighted by atomic mass is 10.1. The van der Waals surface area contributed by atoms with Crippen LogP contribution in [0, 0.1) is 13.8 Å². The number of carboxylic acid groups (broad SMARTS) is 1. The van der Waals surface area contributed by atoms with Crippen LogP contribution in [0.4, 0.5) is 0 Å².